The molecule has 2 N–H and O–H groups in total. The minimum atomic E-state index is -0.396. The molecule has 9 nitrogen and oxygen atoms in total. The number of benzene rings is 3. The fourth-order valence-electron chi connectivity index (χ4n) is 3.62. The van der Waals surface area contributed by atoms with Crippen LogP contribution in [-0.4, -0.2) is 44.9 Å². The summed E-state index contributed by atoms with van der Waals surface area (Å²) < 4.78 is 12.1. The van der Waals surface area contributed by atoms with E-state index >= 15 is 0 Å². The Morgan fingerprint density at radius 1 is 1.03 bits per heavy atom. The van der Waals surface area contributed by atoms with E-state index < -0.39 is 5.91 Å². The second-order valence-electron chi connectivity index (χ2n) is 7.67. The first-order valence-corrected chi connectivity index (χ1v) is 11.1. The molecule has 2 heterocycles. The van der Waals surface area contributed by atoms with Crippen LogP contribution in [0, 0.1) is 0 Å². The van der Waals surface area contributed by atoms with Crippen molar-refractivity contribution in [2.75, 3.05) is 19.5 Å². The van der Waals surface area contributed by atoms with Gasteiger partial charge in [0.05, 0.1) is 36.8 Å². The Kier molecular flexibility index (Phi) is 6.07. The van der Waals surface area contributed by atoms with Gasteiger partial charge in [0.25, 0.3) is 5.91 Å². The Bertz CT molecular complexity index is 1480. The highest BCUT2D eigenvalue weighted by atomic mass is 35.5. The Labute approximate surface area is 205 Å². The number of imidazole rings is 1. The van der Waals surface area contributed by atoms with Crippen molar-refractivity contribution < 1.29 is 14.3 Å². The van der Waals surface area contributed by atoms with Gasteiger partial charge in [0.2, 0.25) is 5.95 Å². The van der Waals surface area contributed by atoms with Gasteiger partial charge in [-0.1, -0.05) is 35.9 Å². The number of rotatable bonds is 7. The quantitative estimate of drug-likeness (QED) is 0.341. The van der Waals surface area contributed by atoms with E-state index in [9.17, 15) is 4.79 Å². The van der Waals surface area contributed by atoms with Crippen LogP contribution in [0.25, 0.3) is 22.7 Å². The summed E-state index contributed by atoms with van der Waals surface area (Å²) in [5, 5.41) is 7.62. The maximum Gasteiger partial charge on any atom is 0.258 e. The Balaban J connectivity index is 1.48. The van der Waals surface area contributed by atoms with Crippen molar-refractivity contribution in [3.8, 4) is 23.1 Å². The maximum absolute atomic E-state index is 12.9. The van der Waals surface area contributed by atoms with Gasteiger partial charge in [0, 0.05) is 5.56 Å². The number of halogens is 1. The topological polar surface area (TPSA) is 107 Å². The predicted molar refractivity (Wildman–Crippen MR) is 133 cm³/mol. The Morgan fingerprint density at radius 2 is 1.83 bits per heavy atom. The molecule has 0 fully saturated rings. The van der Waals surface area contributed by atoms with Gasteiger partial charge in [-0.2, -0.15) is 4.98 Å². The Hall–Kier alpha value is -4.37. The summed E-state index contributed by atoms with van der Waals surface area (Å²) >= 11 is 6.17. The van der Waals surface area contributed by atoms with Crippen LogP contribution in [0.5, 0.6) is 11.5 Å². The number of hydrogen-bond donors (Lipinski definition) is 2. The Morgan fingerprint density at radius 3 is 2.54 bits per heavy atom. The molecule has 10 heteroatoms. The molecule has 2 aromatic heterocycles. The predicted octanol–water partition coefficient (Wildman–Crippen LogP) is 4.79. The molecule has 0 atom stereocenters. The number of nitrogens with one attached hydrogen (secondary N) is 2. The molecular weight excluding hydrogens is 468 g/mol. The third kappa shape index (κ3) is 4.67. The third-order valence-corrected chi connectivity index (χ3v) is 5.70. The second-order valence-corrected chi connectivity index (χ2v) is 8.08. The molecular formula is C25H21ClN6O3. The van der Waals surface area contributed by atoms with Crippen LogP contribution in [0.2, 0.25) is 5.02 Å². The zero-order valence-electron chi connectivity index (χ0n) is 18.9. The molecule has 0 aliphatic rings. The fourth-order valence-corrected chi connectivity index (χ4v) is 3.88. The molecule has 5 aromatic rings. The summed E-state index contributed by atoms with van der Waals surface area (Å²) in [6.45, 7) is 0.410. The zero-order valence-corrected chi connectivity index (χ0v) is 19.7. The van der Waals surface area contributed by atoms with E-state index in [-0.39, 0.29) is 5.95 Å². The lowest BCUT2D eigenvalue weighted by molar-refractivity contribution is 0.102. The monoisotopic (exact) mass is 488 g/mol. The summed E-state index contributed by atoms with van der Waals surface area (Å²) in [7, 11) is 3.14. The van der Waals surface area contributed by atoms with Gasteiger partial charge in [0.15, 0.2) is 11.6 Å². The molecule has 5 rings (SSSR count). The number of aromatic nitrogens is 5. The molecule has 0 saturated carbocycles. The smallest absolute Gasteiger partial charge is 0.258 e. The minimum Gasteiger partial charge on any atom is -0.497 e. The van der Waals surface area contributed by atoms with Gasteiger partial charge >= 0.3 is 0 Å². The number of para-hydroxylation sites is 2. The van der Waals surface area contributed by atoms with E-state index in [0.29, 0.717) is 34.5 Å². The van der Waals surface area contributed by atoms with Crippen molar-refractivity contribution in [1.29, 1.82) is 0 Å². The first-order valence-electron chi connectivity index (χ1n) is 10.7. The first-order chi connectivity index (χ1) is 17.0. The van der Waals surface area contributed by atoms with Crippen LogP contribution >= 0.6 is 11.6 Å². The third-order valence-electron chi connectivity index (χ3n) is 5.40. The number of anilines is 1. The molecule has 1 amide bonds. The molecule has 0 aliphatic carbocycles. The fraction of sp³-hybridized carbons (Fsp3) is 0.120. The minimum absolute atomic E-state index is 0.144. The summed E-state index contributed by atoms with van der Waals surface area (Å²) in [6, 6.07) is 20.1. The second kappa shape index (κ2) is 9.47. The number of nitrogens with zero attached hydrogens (tertiary/aromatic N) is 4. The van der Waals surface area contributed by atoms with Gasteiger partial charge < -0.3 is 14.5 Å². The van der Waals surface area contributed by atoms with Gasteiger partial charge in [-0.25, -0.2) is 9.67 Å². The molecule has 0 spiro atoms. The highest BCUT2D eigenvalue weighted by Crippen LogP contribution is 2.26. The van der Waals surface area contributed by atoms with E-state index in [1.165, 1.54) is 13.2 Å². The van der Waals surface area contributed by atoms with E-state index in [4.69, 9.17) is 21.1 Å². The number of methoxy groups -OCH3 is 2. The molecule has 0 unspecified atom stereocenters. The molecule has 0 saturated heterocycles. The van der Waals surface area contributed by atoms with Crippen molar-refractivity contribution in [1.82, 2.24) is 24.7 Å². The summed E-state index contributed by atoms with van der Waals surface area (Å²) in [4.78, 5) is 25.4. The largest absolute Gasteiger partial charge is 0.497 e. The van der Waals surface area contributed by atoms with E-state index in [1.807, 2.05) is 48.5 Å². The van der Waals surface area contributed by atoms with Crippen molar-refractivity contribution in [2.45, 2.75) is 6.54 Å². The molecule has 0 aliphatic heterocycles. The number of carbonyl (C=O) groups is 1. The SMILES string of the molecule is COc1ccc(Cn2nc(NC(=O)c3ccc(OC)c(Cl)c3)nc2-c2nc3ccccc3[nH]2)cc1. The molecule has 35 heavy (non-hydrogen) atoms. The highest BCUT2D eigenvalue weighted by molar-refractivity contribution is 6.32. The van der Waals surface area contributed by atoms with E-state index in [0.717, 1.165) is 22.3 Å². The highest BCUT2D eigenvalue weighted by Gasteiger charge is 2.19. The molecule has 176 valence electrons. The molecule has 3 aromatic carbocycles. The number of hydrogen-bond acceptors (Lipinski definition) is 6. The first kappa shape index (κ1) is 22.4. The number of carbonyl (C=O) groups excluding carboxylic acids is 1. The van der Waals surface area contributed by atoms with E-state index in [2.05, 4.69) is 25.4 Å². The van der Waals surface area contributed by atoms with Crippen LogP contribution in [0.1, 0.15) is 15.9 Å². The van der Waals surface area contributed by atoms with Crippen LogP contribution in [0.3, 0.4) is 0 Å². The standard InChI is InChI=1S/C25H21ClN6O3/c1-34-17-10-7-15(8-11-17)14-32-23(22-27-19-5-3-4-6-20(19)28-22)29-25(31-32)30-24(33)16-9-12-21(35-2)18(26)13-16/h3-13H,14H2,1-2H3,(H,27,28)(H,30,31,33). The number of fused-ring (bicyclic) bond motifs is 1. The lowest BCUT2D eigenvalue weighted by Crippen LogP contribution is -2.13. The van der Waals surface area contributed by atoms with Gasteiger partial charge in [-0.3, -0.25) is 10.1 Å². The summed E-state index contributed by atoms with van der Waals surface area (Å²) in [6.07, 6.45) is 0. The van der Waals surface area contributed by atoms with Crippen LogP contribution in [-0.2, 0) is 6.54 Å². The van der Waals surface area contributed by atoms with Gasteiger partial charge in [-0.05, 0) is 48.0 Å². The normalized spacial score (nSPS) is 10.9. The van der Waals surface area contributed by atoms with Crippen molar-refractivity contribution in [2.24, 2.45) is 0 Å². The lowest BCUT2D eigenvalue weighted by atomic mass is 10.2. The molecule has 0 bridgehead atoms. The number of H-pyrrole nitrogens is 1. The van der Waals surface area contributed by atoms with Crippen molar-refractivity contribution in [3.63, 3.8) is 0 Å². The van der Waals surface area contributed by atoms with Crippen LogP contribution < -0.4 is 14.8 Å². The maximum atomic E-state index is 12.9. The van der Waals surface area contributed by atoms with Gasteiger partial charge in [-0.15, -0.1) is 5.10 Å². The summed E-state index contributed by atoms with van der Waals surface area (Å²) in [5.74, 6) is 2.02. The summed E-state index contributed by atoms with van der Waals surface area (Å²) in [5.41, 5.74) is 3.01. The zero-order chi connectivity index (χ0) is 24.4. The van der Waals surface area contributed by atoms with Gasteiger partial charge in [0.1, 0.15) is 11.5 Å². The van der Waals surface area contributed by atoms with Crippen LogP contribution in [0.4, 0.5) is 5.95 Å². The number of amides is 1. The lowest BCUT2D eigenvalue weighted by Gasteiger charge is -2.06. The van der Waals surface area contributed by atoms with E-state index in [1.54, 1.807) is 23.9 Å². The van der Waals surface area contributed by atoms with Crippen molar-refractivity contribution in [3.05, 3.63) is 82.9 Å². The molecule has 0 radical (unpaired) electrons. The average Bonchev–Trinajstić information content (AvgIpc) is 3.48. The number of aromatic amines is 1. The van der Waals surface area contributed by atoms with Crippen molar-refractivity contribution >= 4 is 34.5 Å². The number of ether oxygens (including phenoxy) is 2. The van der Waals surface area contributed by atoms with Crippen LogP contribution in [0.15, 0.2) is 66.7 Å². The average molecular weight is 489 g/mol.